The maximum Gasteiger partial charge on any atom is 0.129 e. The second kappa shape index (κ2) is 3.61. The Morgan fingerprint density at radius 2 is 1.47 bits per heavy atom. The molecule has 4 aromatic carbocycles. The number of hydrogen-bond donors (Lipinski definition) is 0. The second-order valence-electron chi connectivity index (χ2n) is 5.08. The minimum absolute atomic E-state index is 0.991. The Hall–Kier alpha value is -2.28. The lowest BCUT2D eigenvalue weighted by molar-refractivity contribution is 0.417. The summed E-state index contributed by atoms with van der Waals surface area (Å²) in [5.74, 6) is 0.991. The molecule has 0 amide bonds. The van der Waals surface area contributed by atoms with Gasteiger partial charge < -0.3 is 4.74 Å². The molecule has 1 heteroatoms. The molecule has 19 heavy (non-hydrogen) atoms. The van der Waals surface area contributed by atoms with E-state index in [4.69, 9.17) is 4.74 Å². The van der Waals surface area contributed by atoms with Gasteiger partial charge in [0, 0.05) is 10.8 Å². The average Bonchev–Trinajstić information content (AvgIpc) is 2.44. The predicted molar refractivity (Wildman–Crippen MR) is 81.4 cm³/mol. The summed E-state index contributed by atoms with van der Waals surface area (Å²) < 4.78 is 5.60. The summed E-state index contributed by atoms with van der Waals surface area (Å²) >= 11 is 0. The third-order valence-electron chi connectivity index (χ3n) is 3.99. The maximum atomic E-state index is 5.60. The molecule has 0 atom stereocenters. The van der Waals surface area contributed by atoms with Crippen LogP contribution in [0.4, 0.5) is 0 Å². The second-order valence-corrected chi connectivity index (χ2v) is 5.08. The van der Waals surface area contributed by atoms with Gasteiger partial charge in [-0.2, -0.15) is 0 Å². The van der Waals surface area contributed by atoms with Crippen molar-refractivity contribution >= 4 is 32.3 Å². The van der Waals surface area contributed by atoms with Crippen LogP contribution in [0.25, 0.3) is 32.3 Å². The molecule has 0 aromatic heterocycles. The molecule has 0 saturated heterocycles. The highest BCUT2D eigenvalue weighted by Gasteiger charge is 2.12. The van der Waals surface area contributed by atoms with E-state index in [0.717, 1.165) is 5.75 Å². The molecule has 0 heterocycles. The Bertz CT molecular complexity index is 890. The minimum atomic E-state index is 0.991. The van der Waals surface area contributed by atoms with E-state index < -0.39 is 0 Å². The van der Waals surface area contributed by atoms with Crippen molar-refractivity contribution in [2.24, 2.45) is 0 Å². The lowest BCUT2D eigenvalue weighted by atomic mass is 9.92. The summed E-state index contributed by atoms with van der Waals surface area (Å²) in [6.07, 6.45) is 0. The molecule has 0 fully saturated rings. The molecule has 0 bridgehead atoms. The molecule has 4 rings (SSSR count). The first-order valence-corrected chi connectivity index (χ1v) is 6.51. The maximum absolute atomic E-state index is 5.60. The summed E-state index contributed by atoms with van der Waals surface area (Å²) in [4.78, 5) is 0. The monoisotopic (exact) mass is 246 g/mol. The van der Waals surface area contributed by atoms with Crippen LogP contribution in [0, 0.1) is 6.92 Å². The third-order valence-corrected chi connectivity index (χ3v) is 3.99. The van der Waals surface area contributed by atoms with Gasteiger partial charge >= 0.3 is 0 Å². The zero-order chi connectivity index (χ0) is 13.0. The Balaban J connectivity index is 2.39. The highest BCUT2D eigenvalue weighted by molar-refractivity contribution is 6.24. The van der Waals surface area contributed by atoms with Crippen molar-refractivity contribution in [3.63, 3.8) is 0 Å². The van der Waals surface area contributed by atoms with E-state index >= 15 is 0 Å². The fourth-order valence-electron chi connectivity index (χ4n) is 3.20. The van der Waals surface area contributed by atoms with Crippen molar-refractivity contribution in [1.29, 1.82) is 0 Å². The zero-order valence-electron chi connectivity index (χ0n) is 11.0. The van der Waals surface area contributed by atoms with Crippen LogP contribution in [0.3, 0.4) is 0 Å². The summed E-state index contributed by atoms with van der Waals surface area (Å²) in [5.41, 5.74) is 1.19. The first-order valence-electron chi connectivity index (χ1n) is 6.51. The highest BCUT2D eigenvalue weighted by Crippen LogP contribution is 2.40. The quantitative estimate of drug-likeness (QED) is 0.434. The highest BCUT2D eigenvalue weighted by atomic mass is 16.5. The van der Waals surface area contributed by atoms with Crippen molar-refractivity contribution < 1.29 is 4.74 Å². The van der Waals surface area contributed by atoms with Crippen LogP contribution < -0.4 is 4.74 Å². The van der Waals surface area contributed by atoms with E-state index in [2.05, 4.69) is 55.5 Å². The van der Waals surface area contributed by atoms with E-state index in [-0.39, 0.29) is 0 Å². The molecule has 0 unspecified atom stereocenters. The molecule has 0 spiro atoms. The van der Waals surface area contributed by atoms with Crippen molar-refractivity contribution in [3.05, 3.63) is 54.1 Å². The van der Waals surface area contributed by atoms with Gasteiger partial charge in [0.05, 0.1) is 7.11 Å². The smallest absolute Gasteiger partial charge is 0.129 e. The van der Waals surface area contributed by atoms with Crippen LogP contribution in [0.15, 0.2) is 48.5 Å². The number of benzene rings is 4. The molecule has 0 aliphatic rings. The van der Waals surface area contributed by atoms with Crippen molar-refractivity contribution in [2.75, 3.05) is 7.11 Å². The summed E-state index contributed by atoms with van der Waals surface area (Å²) in [7, 11) is 1.75. The van der Waals surface area contributed by atoms with E-state index in [0.29, 0.717) is 0 Å². The normalized spacial score (nSPS) is 11.7. The molecular formula is C18H14O. The predicted octanol–water partition coefficient (Wildman–Crippen LogP) is 4.90. The Labute approximate surface area is 111 Å². The van der Waals surface area contributed by atoms with Gasteiger partial charge in [0.1, 0.15) is 5.75 Å². The van der Waals surface area contributed by atoms with Gasteiger partial charge in [-0.1, -0.05) is 36.4 Å². The van der Waals surface area contributed by atoms with Crippen LogP contribution >= 0.6 is 0 Å². The van der Waals surface area contributed by atoms with E-state index in [1.807, 2.05) is 0 Å². The molecule has 0 N–H and O–H groups in total. The van der Waals surface area contributed by atoms with Gasteiger partial charge in [-0.05, 0) is 46.2 Å². The number of ether oxygens (including phenoxy) is 1. The largest absolute Gasteiger partial charge is 0.496 e. The SMILES string of the molecule is COc1c(C)cc2ccc3cccc4ccc1c2c34. The first kappa shape index (κ1) is 10.6. The number of hydrogen-bond acceptors (Lipinski definition) is 1. The van der Waals surface area contributed by atoms with Crippen LogP contribution in [-0.2, 0) is 0 Å². The van der Waals surface area contributed by atoms with Crippen molar-refractivity contribution in [1.82, 2.24) is 0 Å². The van der Waals surface area contributed by atoms with Crippen molar-refractivity contribution in [2.45, 2.75) is 6.92 Å². The Kier molecular flexibility index (Phi) is 2.02. The number of methoxy groups -OCH3 is 1. The molecular weight excluding hydrogens is 232 g/mol. The number of aryl methyl sites for hydroxylation is 1. The van der Waals surface area contributed by atoms with Crippen molar-refractivity contribution in [3.8, 4) is 5.75 Å². The van der Waals surface area contributed by atoms with Gasteiger partial charge in [0.15, 0.2) is 0 Å². The summed E-state index contributed by atoms with van der Waals surface area (Å²) in [5, 5.41) is 7.75. The molecule has 4 aromatic rings. The van der Waals surface area contributed by atoms with Gasteiger partial charge in [-0.25, -0.2) is 0 Å². The molecule has 92 valence electrons. The summed E-state index contributed by atoms with van der Waals surface area (Å²) in [6.45, 7) is 2.10. The van der Waals surface area contributed by atoms with Gasteiger partial charge in [-0.3, -0.25) is 0 Å². The van der Waals surface area contributed by atoms with Crippen LogP contribution in [-0.4, -0.2) is 7.11 Å². The van der Waals surface area contributed by atoms with E-state index in [1.165, 1.54) is 37.9 Å². The molecule has 0 radical (unpaired) electrons. The van der Waals surface area contributed by atoms with Crippen LogP contribution in [0.5, 0.6) is 5.75 Å². The van der Waals surface area contributed by atoms with E-state index in [9.17, 15) is 0 Å². The topological polar surface area (TPSA) is 9.23 Å². The van der Waals surface area contributed by atoms with Gasteiger partial charge in [-0.15, -0.1) is 0 Å². The van der Waals surface area contributed by atoms with Crippen LogP contribution in [0.2, 0.25) is 0 Å². The summed E-state index contributed by atoms with van der Waals surface area (Å²) in [6, 6.07) is 17.5. The van der Waals surface area contributed by atoms with Gasteiger partial charge in [0.25, 0.3) is 0 Å². The lowest BCUT2D eigenvalue weighted by Gasteiger charge is -2.15. The molecule has 0 aliphatic carbocycles. The number of rotatable bonds is 1. The van der Waals surface area contributed by atoms with Gasteiger partial charge in [0.2, 0.25) is 0 Å². The third kappa shape index (κ3) is 1.30. The fraction of sp³-hybridized carbons (Fsp3) is 0.111. The Morgan fingerprint density at radius 3 is 2.21 bits per heavy atom. The fourth-order valence-corrected chi connectivity index (χ4v) is 3.20. The lowest BCUT2D eigenvalue weighted by Crippen LogP contribution is -1.91. The van der Waals surface area contributed by atoms with E-state index in [1.54, 1.807) is 7.11 Å². The Morgan fingerprint density at radius 1 is 0.789 bits per heavy atom. The standard InChI is InChI=1S/C18H14O/c1-11-10-14-7-6-12-4-3-5-13-8-9-15(18(11)19-2)17(14)16(12)13/h3-10H,1-2H3. The molecule has 0 saturated carbocycles. The molecule has 0 aliphatic heterocycles. The molecule has 1 nitrogen and oxygen atoms in total. The average molecular weight is 246 g/mol. The van der Waals surface area contributed by atoms with Crippen LogP contribution in [0.1, 0.15) is 5.56 Å². The zero-order valence-corrected chi connectivity index (χ0v) is 11.0. The minimum Gasteiger partial charge on any atom is -0.496 e. The first-order chi connectivity index (χ1) is 9.29.